The van der Waals surface area contributed by atoms with Gasteiger partial charge in [0.15, 0.2) is 0 Å². The number of ether oxygens (including phenoxy) is 2. The molecule has 2 bridgehead atoms. The maximum absolute atomic E-state index is 12.9. The highest BCUT2D eigenvalue weighted by Gasteiger charge is 2.95. The number of aryl methyl sites for hydroxylation is 1. The molecule has 6 unspecified atom stereocenters. The summed E-state index contributed by atoms with van der Waals surface area (Å²) in [5.41, 5.74) is 3.47. The van der Waals surface area contributed by atoms with Crippen LogP contribution in [-0.4, -0.2) is 17.7 Å². The topological polar surface area (TPSA) is 38.8 Å². The van der Waals surface area contributed by atoms with Gasteiger partial charge in [-0.15, -0.1) is 0 Å². The number of rotatable bonds is 4. The Hall–Kier alpha value is -2.13. The molecular formula is C28H32O3. The fraction of sp³-hybridized carbons (Fsp3) is 0.536. The van der Waals surface area contributed by atoms with E-state index < -0.39 is 0 Å². The Kier molecular flexibility index (Phi) is 3.79. The molecule has 6 rings (SSSR count). The molecular weight excluding hydrogens is 384 g/mol. The Bertz CT molecular complexity index is 1060. The highest BCUT2D eigenvalue weighted by molar-refractivity contribution is 5.70. The summed E-state index contributed by atoms with van der Waals surface area (Å²) in [4.78, 5) is 12.9. The van der Waals surface area contributed by atoms with Crippen LogP contribution in [0.1, 0.15) is 69.6 Å². The number of carbonyl (C=O) groups excluding carboxylic acids is 1. The third kappa shape index (κ3) is 2.12. The number of carbonyl (C=O) groups is 1. The van der Waals surface area contributed by atoms with Crippen LogP contribution in [0.2, 0.25) is 0 Å². The van der Waals surface area contributed by atoms with Gasteiger partial charge in [-0.05, 0) is 47.3 Å². The number of fused-ring (bicyclic) bond motifs is 3. The van der Waals surface area contributed by atoms with Crippen LogP contribution >= 0.6 is 0 Å². The molecule has 0 amide bonds. The monoisotopic (exact) mass is 416 g/mol. The lowest BCUT2D eigenvalue weighted by atomic mass is 9.58. The molecule has 0 spiro atoms. The van der Waals surface area contributed by atoms with Gasteiger partial charge < -0.3 is 9.47 Å². The summed E-state index contributed by atoms with van der Waals surface area (Å²) >= 11 is 0. The van der Waals surface area contributed by atoms with Gasteiger partial charge >= 0.3 is 5.97 Å². The third-order valence-electron chi connectivity index (χ3n) is 9.75. The predicted octanol–water partition coefficient (Wildman–Crippen LogP) is 5.77. The number of epoxide rings is 1. The van der Waals surface area contributed by atoms with E-state index in [0.29, 0.717) is 18.3 Å². The molecule has 162 valence electrons. The molecule has 0 radical (unpaired) electrons. The quantitative estimate of drug-likeness (QED) is 0.469. The Balaban J connectivity index is 1.30. The van der Waals surface area contributed by atoms with Gasteiger partial charge in [0.25, 0.3) is 0 Å². The van der Waals surface area contributed by atoms with Crippen LogP contribution in [0.5, 0.6) is 0 Å². The first-order chi connectivity index (χ1) is 14.8. The van der Waals surface area contributed by atoms with Crippen molar-refractivity contribution in [1.29, 1.82) is 0 Å². The fourth-order valence-electron chi connectivity index (χ4n) is 8.02. The van der Waals surface area contributed by atoms with Gasteiger partial charge in [0.2, 0.25) is 0 Å². The van der Waals surface area contributed by atoms with E-state index in [1.165, 1.54) is 16.7 Å². The number of esters is 1. The van der Waals surface area contributed by atoms with E-state index in [0.717, 1.165) is 19.3 Å². The van der Waals surface area contributed by atoms with Crippen molar-refractivity contribution in [2.45, 2.75) is 76.6 Å². The molecule has 2 aromatic carbocycles. The molecule has 3 nitrogen and oxygen atoms in total. The van der Waals surface area contributed by atoms with E-state index in [9.17, 15) is 4.79 Å². The first kappa shape index (κ1) is 19.5. The second kappa shape index (κ2) is 6.01. The Morgan fingerprint density at radius 3 is 2.55 bits per heavy atom. The van der Waals surface area contributed by atoms with Crippen molar-refractivity contribution in [3.8, 4) is 0 Å². The highest BCUT2D eigenvalue weighted by atomic mass is 16.6. The van der Waals surface area contributed by atoms with E-state index in [2.05, 4.69) is 64.1 Å². The average Bonchev–Trinajstić information content (AvgIpc) is 3.39. The molecule has 6 atom stereocenters. The zero-order chi connectivity index (χ0) is 21.6. The van der Waals surface area contributed by atoms with Gasteiger partial charge in [-0.25, -0.2) is 0 Å². The lowest BCUT2D eigenvalue weighted by molar-refractivity contribution is -0.161. The summed E-state index contributed by atoms with van der Waals surface area (Å²) in [5, 5.41) is 0. The molecule has 2 aromatic rings. The second-order valence-corrected chi connectivity index (χ2v) is 11.0. The van der Waals surface area contributed by atoms with Crippen molar-refractivity contribution in [2.24, 2.45) is 16.7 Å². The van der Waals surface area contributed by atoms with Crippen molar-refractivity contribution in [2.75, 3.05) is 0 Å². The number of hydrogen-bond acceptors (Lipinski definition) is 3. The van der Waals surface area contributed by atoms with Crippen molar-refractivity contribution < 1.29 is 14.3 Å². The Morgan fingerprint density at radius 2 is 1.77 bits per heavy atom. The first-order valence-electron chi connectivity index (χ1n) is 11.8. The first-order valence-corrected chi connectivity index (χ1v) is 11.8. The van der Waals surface area contributed by atoms with Crippen LogP contribution in [0.15, 0.2) is 54.6 Å². The molecule has 1 aliphatic heterocycles. The summed E-state index contributed by atoms with van der Waals surface area (Å²) in [5.74, 6) is 0.740. The maximum Gasteiger partial charge on any atom is 0.306 e. The minimum absolute atomic E-state index is 0.0484. The largest absolute Gasteiger partial charge is 0.462 e. The third-order valence-corrected chi connectivity index (χ3v) is 9.75. The summed E-state index contributed by atoms with van der Waals surface area (Å²) in [7, 11) is 0. The second-order valence-electron chi connectivity index (χ2n) is 11.0. The smallest absolute Gasteiger partial charge is 0.306 e. The minimum Gasteiger partial charge on any atom is -0.462 e. The maximum atomic E-state index is 12.9. The van der Waals surface area contributed by atoms with Crippen molar-refractivity contribution in [3.63, 3.8) is 0 Å². The van der Waals surface area contributed by atoms with Crippen LogP contribution < -0.4 is 0 Å². The van der Waals surface area contributed by atoms with Gasteiger partial charge in [0.1, 0.15) is 17.3 Å². The van der Waals surface area contributed by atoms with Crippen LogP contribution in [0.3, 0.4) is 0 Å². The summed E-state index contributed by atoms with van der Waals surface area (Å²) in [6, 6.07) is 19.1. The Labute approximate surface area is 185 Å². The summed E-state index contributed by atoms with van der Waals surface area (Å²) in [6.45, 7) is 9.43. The van der Waals surface area contributed by atoms with Crippen molar-refractivity contribution >= 4 is 5.97 Å². The molecule has 4 aliphatic rings. The summed E-state index contributed by atoms with van der Waals surface area (Å²) < 4.78 is 13.1. The van der Waals surface area contributed by atoms with Gasteiger partial charge in [-0.3, -0.25) is 4.79 Å². The van der Waals surface area contributed by atoms with Gasteiger partial charge in [-0.2, -0.15) is 0 Å². The molecule has 31 heavy (non-hydrogen) atoms. The number of benzene rings is 2. The molecule has 3 fully saturated rings. The van der Waals surface area contributed by atoms with Crippen molar-refractivity contribution in [1.82, 2.24) is 0 Å². The molecule has 1 heterocycles. The van der Waals surface area contributed by atoms with E-state index in [1.807, 2.05) is 18.2 Å². The van der Waals surface area contributed by atoms with Crippen LogP contribution in [0, 0.1) is 16.7 Å². The van der Waals surface area contributed by atoms with E-state index in [-0.39, 0.29) is 34.1 Å². The van der Waals surface area contributed by atoms with Gasteiger partial charge in [0, 0.05) is 17.8 Å². The SMILES string of the molecule is CC1CC23OC2(c2ccccc21)C1CC(OC(=O)CCc2ccccc2)C3(C)C1(C)C. The normalized spacial score (nSPS) is 40.6. The predicted molar refractivity (Wildman–Crippen MR) is 120 cm³/mol. The Morgan fingerprint density at radius 1 is 1.06 bits per heavy atom. The zero-order valence-electron chi connectivity index (χ0n) is 19.0. The highest BCUT2D eigenvalue weighted by Crippen LogP contribution is 2.89. The van der Waals surface area contributed by atoms with Gasteiger partial charge in [0.05, 0.1) is 0 Å². The molecule has 0 aromatic heterocycles. The standard InChI is InChI=1S/C28H32O3/c1-18-17-27-26(4)23(30-24(29)15-14-19-10-6-5-7-11-19)16-22(25(26,2)3)28(27,31-27)21-13-9-8-12-20(18)21/h5-13,18,22-23H,14-17H2,1-4H3. The fourth-order valence-corrected chi connectivity index (χ4v) is 8.02. The van der Waals surface area contributed by atoms with Gasteiger partial charge in [-0.1, -0.05) is 82.3 Å². The zero-order valence-corrected chi connectivity index (χ0v) is 19.0. The van der Waals surface area contributed by atoms with Crippen LogP contribution in [0.4, 0.5) is 0 Å². The lowest BCUT2D eigenvalue weighted by Crippen LogP contribution is -2.52. The molecule has 3 aliphatic carbocycles. The van der Waals surface area contributed by atoms with Crippen molar-refractivity contribution in [3.05, 3.63) is 71.3 Å². The molecule has 0 N–H and O–H groups in total. The minimum atomic E-state index is -0.218. The molecule has 1 saturated heterocycles. The summed E-state index contributed by atoms with van der Waals surface area (Å²) in [6.07, 6.45) is 2.99. The molecule has 3 heteroatoms. The van der Waals surface area contributed by atoms with E-state index in [4.69, 9.17) is 9.47 Å². The average molecular weight is 417 g/mol. The van der Waals surface area contributed by atoms with Crippen LogP contribution in [-0.2, 0) is 26.3 Å². The van der Waals surface area contributed by atoms with E-state index in [1.54, 1.807) is 0 Å². The molecule has 2 saturated carbocycles. The van der Waals surface area contributed by atoms with Crippen LogP contribution in [0.25, 0.3) is 0 Å². The lowest BCUT2D eigenvalue weighted by Gasteiger charge is -2.45. The number of hydrogen-bond donors (Lipinski definition) is 0. The van der Waals surface area contributed by atoms with E-state index >= 15 is 0 Å².